The molecule has 0 radical (unpaired) electrons. The topological polar surface area (TPSA) is 93.4 Å². The van der Waals surface area contributed by atoms with Gasteiger partial charge >= 0.3 is 5.69 Å². The van der Waals surface area contributed by atoms with Gasteiger partial charge in [-0.15, -0.1) is 0 Å². The highest BCUT2D eigenvalue weighted by Crippen LogP contribution is 2.22. The number of halogens is 1. The molecule has 0 bridgehead atoms. The minimum Gasteiger partial charge on any atom is -0.324 e. The van der Waals surface area contributed by atoms with Crippen LogP contribution in [0.4, 0.5) is 15.8 Å². The molecule has 1 heterocycles. The Kier molecular flexibility index (Phi) is 4.99. The van der Waals surface area contributed by atoms with E-state index >= 15 is 0 Å². The Hall–Kier alpha value is -3.14. The lowest BCUT2D eigenvalue weighted by Crippen LogP contribution is -2.38. The number of amides is 1. The first-order chi connectivity index (χ1) is 13.1. The maximum atomic E-state index is 14.0. The van der Waals surface area contributed by atoms with E-state index in [1.165, 1.54) is 27.3 Å². The Morgan fingerprint density at radius 2 is 1.75 bits per heavy atom. The number of nitrogens with one attached hydrogen (secondary N) is 1. The van der Waals surface area contributed by atoms with Crippen LogP contribution < -0.4 is 15.3 Å². The number of aryl methyl sites for hydroxylation is 2. The third kappa shape index (κ3) is 3.63. The van der Waals surface area contributed by atoms with Gasteiger partial charge in [-0.3, -0.25) is 18.2 Å². The lowest BCUT2D eigenvalue weighted by Gasteiger charge is -2.22. The van der Waals surface area contributed by atoms with Crippen molar-refractivity contribution in [3.8, 4) is 0 Å². The monoisotopic (exact) mass is 406 g/mol. The summed E-state index contributed by atoms with van der Waals surface area (Å²) in [6, 6.07) is 10.2. The first-order valence-electron chi connectivity index (χ1n) is 8.27. The first kappa shape index (κ1) is 19.6. The van der Waals surface area contributed by atoms with Crippen molar-refractivity contribution in [1.29, 1.82) is 0 Å². The van der Waals surface area contributed by atoms with Crippen LogP contribution in [-0.2, 0) is 28.9 Å². The van der Waals surface area contributed by atoms with Gasteiger partial charge in [0.25, 0.3) is 0 Å². The Morgan fingerprint density at radius 1 is 1.11 bits per heavy atom. The van der Waals surface area contributed by atoms with Gasteiger partial charge in [0.15, 0.2) is 0 Å². The average molecular weight is 406 g/mol. The molecule has 10 heteroatoms. The molecule has 3 aromatic rings. The van der Waals surface area contributed by atoms with E-state index in [4.69, 9.17) is 0 Å². The van der Waals surface area contributed by atoms with Crippen LogP contribution >= 0.6 is 0 Å². The highest BCUT2D eigenvalue weighted by Gasteiger charge is 2.23. The number of sulfonamides is 1. The standard InChI is InChI=1S/C18H19FN4O4S/c1-21-15-9-8-12(10-16(15)22(2)18(21)25)20-17(24)11-23(28(3,26)27)14-7-5-4-6-13(14)19/h4-10H,11H2,1-3H3,(H,20,24). The molecule has 3 rings (SSSR count). The fourth-order valence-corrected chi connectivity index (χ4v) is 3.81. The van der Waals surface area contributed by atoms with E-state index < -0.39 is 28.3 Å². The number of nitrogens with zero attached hydrogens (tertiary/aromatic N) is 3. The molecule has 0 aliphatic heterocycles. The summed E-state index contributed by atoms with van der Waals surface area (Å²) < 4.78 is 41.8. The number of hydrogen-bond donors (Lipinski definition) is 1. The van der Waals surface area contributed by atoms with Crippen LogP contribution in [-0.4, -0.2) is 36.3 Å². The summed E-state index contributed by atoms with van der Waals surface area (Å²) in [6.07, 6.45) is 0.901. The molecule has 148 valence electrons. The van der Waals surface area contributed by atoms with Gasteiger partial charge in [-0.25, -0.2) is 17.6 Å². The maximum Gasteiger partial charge on any atom is 0.328 e. The third-order valence-corrected chi connectivity index (χ3v) is 5.49. The van der Waals surface area contributed by atoms with Crippen molar-refractivity contribution in [1.82, 2.24) is 9.13 Å². The number of hydrogen-bond acceptors (Lipinski definition) is 4. The average Bonchev–Trinajstić information content (AvgIpc) is 2.84. The third-order valence-electron chi connectivity index (χ3n) is 4.36. The first-order valence-corrected chi connectivity index (χ1v) is 10.1. The number of imidazole rings is 1. The lowest BCUT2D eigenvalue weighted by molar-refractivity contribution is -0.114. The number of aromatic nitrogens is 2. The van der Waals surface area contributed by atoms with Gasteiger partial charge in [0.2, 0.25) is 15.9 Å². The molecule has 1 aromatic heterocycles. The zero-order chi connectivity index (χ0) is 20.6. The summed E-state index contributed by atoms with van der Waals surface area (Å²) in [6.45, 7) is -0.592. The van der Waals surface area contributed by atoms with Crippen molar-refractivity contribution >= 4 is 38.3 Å². The molecule has 28 heavy (non-hydrogen) atoms. The molecule has 0 fully saturated rings. The van der Waals surface area contributed by atoms with E-state index in [0.29, 0.717) is 21.0 Å². The van der Waals surface area contributed by atoms with Crippen molar-refractivity contribution in [3.63, 3.8) is 0 Å². The highest BCUT2D eigenvalue weighted by molar-refractivity contribution is 7.92. The zero-order valence-corrected chi connectivity index (χ0v) is 16.3. The summed E-state index contributed by atoms with van der Waals surface area (Å²) in [4.78, 5) is 24.4. The van der Waals surface area contributed by atoms with Crippen LogP contribution in [0.3, 0.4) is 0 Å². The van der Waals surface area contributed by atoms with Crippen molar-refractivity contribution < 1.29 is 17.6 Å². The Balaban J connectivity index is 1.88. The molecule has 0 aliphatic carbocycles. The van der Waals surface area contributed by atoms with Crippen molar-refractivity contribution in [2.75, 3.05) is 22.4 Å². The fraction of sp³-hybridized carbons (Fsp3) is 0.222. The van der Waals surface area contributed by atoms with E-state index in [0.717, 1.165) is 12.3 Å². The number of benzene rings is 2. The van der Waals surface area contributed by atoms with Gasteiger partial charge in [-0.05, 0) is 30.3 Å². The minimum atomic E-state index is -3.89. The maximum absolute atomic E-state index is 14.0. The summed E-state index contributed by atoms with van der Waals surface area (Å²) in [5, 5.41) is 2.59. The van der Waals surface area contributed by atoms with E-state index in [1.807, 2.05) is 0 Å². The molecule has 0 spiro atoms. The highest BCUT2D eigenvalue weighted by atomic mass is 32.2. The van der Waals surface area contributed by atoms with Gasteiger partial charge in [-0.2, -0.15) is 0 Å². The zero-order valence-electron chi connectivity index (χ0n) is 15.5. The molecule has 2 aromatic carbocycles. The Morgan fingerprint density at radius 3 is 2.39 bits per heavy atom. The number of para-hydroxylation sites is 1. The second kappa shape index (κ2) is 7.12. The molecule has 0 atom stereocenters. The van der Waals surface area contributed by atoms with Gasteiger partial charge in [0, 0.05) is 19.8 Å². The minimum absolute atomic E-state index is 0.207. The summed E-state index contributed by atoms with van der Waals surface area (Å²) >= 11 is 0. The van der Waals surface area contributed by atoms with E-state index in [-0.39, 0.29) is 11.4 Å². The largest absolute Gasteiger partial charge is 0.328 e. The smallest absolute Gasteiger partial charge is 0.324 e. The fourth-order valence-electron chi connectivity index (χ4n) is 2.95. The van der Waals surface area contributed by atoms with Crippen LogP contribution in [0.1, 0.15) is 0 Å². The Bertz CT molecular complexity index is 1230. The lowest BCUT2D eigenvalue weighted by atomic mass is 10.2. The molecule has 1 N–H and O–H groups in total. The number of rotatable bonds is 5. The number of carbonyl (C=O) groups is 1. The predicted octanol–water partition coefficient (Wildman–Crippen LogP) is 1.42. The number of anilines is 2. The quantitative estimate of drug-likeness (QED) is 0.694. The summed E-state index contributed by atoms with van der Waals surface area (Å²) in [5.41, 5.74) is 1.28. The van der Waals surface area contributed by atoms with Crippen LogP contribution in [0.2, 0.25) is 0 Å². The molecule has 0 aliphatic rings. The Labute approximate surface area is 160 Å². The van der Waals surface area contributed by atoms with Crippen LogP contribution in [0, 0.1) is 5.82 Å². The molecular weight excluding hydrogens is 387 g/mol. The molecule has 0 saturated carbocycles. The van der Waals surface area contributed by atoms with Crippen molar-refractivity contribution in [2.24, 2.45) is 14.1 Å². The molecule has 0 unspecified atom stereocenters. The SMILES string of the molecule is Cn1c(=O)n(C)c2cc(NC(=O)CN(c3ccccc3F)S(C)(=O)=O)ccc21. The molecule has 1 amide bonds. The van der Waals surface area contributed by atoms with Gasteiger partial charge in [-0.1, -0.05) is 12.1 Å². The normalized spacial score (nSPS) is 11.6. The van der Waals surface area contributed by atoms with Crippen LogP contribution in [0.25, 0.3) is 11.0 Å². The van der Waals surface area contributed by atoms with Crippen LogP contribution in [0.15, 0.2) is 47.3 Å². The van der Waals surface area contributed by atoms with Gasteiger partial charge < -0.3 is 5.32 Å². The summed E-state index contributed by atoms with van der Waals surface area (Å²) in [7, 11) is -0.637. The van der Waals surface area contributed by atoms with Gasteiger partial charge in [0.1, 0.15) is 12.4 Å². The second-order valence-electron chi connectivity index (χ2n) is 6.37. The van der Waals surface area contributed by atoms with E-state index in [9.17, 15) is 22.4 Å². The number of carbonyl (C=O) groups excluding carboxylic acids is 1. The van der Waals surface area contributed by atoms with E-state index in [2.05, 4.69) is 5.32 Å². The van der Waals surface area contributed by atoms with Crippen molar-refractivity contribution in [2.45, 2.75) is 0 Å². The van der Waals surface area contributed by atoms with Crippen molar-refractivity contribution in [3.05, 3.63) is 58.8 Å². The van der Waals surface area contributed by atoms with Crippen LogP contribution in [0.5, 0.6) is 0 Å². The van der Waals surface area contributed by atoms with Gasteiger partial charge in [0.05, 0.1) is 23.0 Å². The molecule has 0 saturated heterocycles. The van der Waals surface area contributed by atoms with E-state index in [1.54, 1.807) is 32.3 Å². The predicted molar refractivity (Wildman–Crippen MR) is 105 cm³/mol. The molecule has 8 nitrogen and oxygen atoms in total. The number of fused-ring (bicyclic) bond motifs is 1. The summed E-state index contributed by atoms with van der Waals surface area (Å²) in [5.74, 6) is -1.39. The second-order valence-corrected chi connectivity index (χ2v) is 8.28. The molecular formula is C18H19FN4O4S.